The number of nitrogens with one attached hydrogen (secondary N) is 1. The van der Waals surface area contributed by atoms with E-state index in [4.69, 9.17) is 10.5 Å². The molecule has 0 radical (unpaired) electrons. The van der Waals surface area contributed by atoms with Crippen molar-refractivity contribution in [3.8, 4) is 5.75 Å². The average molecular weight is 284 g/mol. The SMILES string of the molecule is CC(NC(=O)CCOc1cccc(N)c1)c1ccccc1. The normalized spacial score (nSPS) is 11.7. The molecular weight excluding hydrogens is 264 g/mol. The van der Waals surface area contributed by atoms with Gasteiger partial charge in [-0.1, -0.05) is 36.4 Å². The Balaban J connectivity index is 1.75. The lowest BCUT2D eigenvalue weighted by Crippen LogP contribution is -2.27. The predicted molar refractivity (Wildman–Crippen MR) is 84.0 cm³/mol. The van der Waals surface area contributed by atoms with Gasteiger partial charge in [0.05, 0.1) is 19.1 Å². The fourth-order valence-electron chi connectivity index (χ4n) is 2.00. The fraction of sp³-hybridized carbons (Fsp3) is 0.235. The Morgan fingerprint density at radius 1 is 1.19 bits per heavy atom. The Kier molecular flexibility index (Phi) is 5.21. The van der Waals surface area contributed by atoms with Crippen molar-refractivity contribution in [1.29, 1.82) is 0 Å². The molecule has 1 unspecified atom stereocenters. The first-order valence-electron chi connectivity index (χ1n) is 6.98. The molecule has 2 aromatic rings. The van der Waals surface area contributed by atoms with E-state index in [1.165, 1.54) is 0 Å². The maximum atomic E-state index is 11.9. The van der Waals surface area contributed by atoms with Crippen molar-refractivity contribution in [2.75, 3.05) is 12.3 Å². The molecular formula is C17H20N2O2. The molecule has 0 aromatic heterocycles. The number of benzene rings is 2. The highest BCUT2D eigenvalue weighted by molar-refractivity contribution is 5.76. The van der Waals surface area contributed by atoms with E-state index in [1.807, 2.05) is 49.4 Å². The summed E-state index contributed by atoms with van der Waals surface area (Å²) in [5, 5.41) is 2.95. The summed E-state index contributed by atoms with van der Waals surface area (Å²) in [5.41, 5.74) is 7.39. The van der Waals surface area contributed by atoms with Crippen LogP contribution in [0.5, 0.6) is 5.75 Å². The van der Waals surface area contributed by atoms with Crippen LogP contribution in [0.4, 0.5) is 5.69 Å². The maximum absolute atomic E-state index is 11.9. The monoisotopic (exact) mass is 284 g/mol. The van der Waals surface area contributed by atoms with Gasteiger partial charge in [0.2, 0.25) is 5.91 Å². The molecule has 0 aliphatic rings. The number of anilines is 1. The molecule has 0 aliphatic carbocycles. The first kappa shape index (κ1) is 14.9. The van der Waals surface area contributed by atoms with E-state index >= 15 is 0 Å². The molecule has 1 atom stereocenters. The van der Waals surface area contributed by atoms with Crippen molar-refractivity contribution >= 4 is 11.6 Å². The number of amides is 1. The molecule has 0 heterocycles. The van der Waals surface area contributed by atoms with Crippen LogP contribution in [0, 0.1) is 0 Å². The Morgan fingerprint density at radius 2 is 1.95 bits per heavy atom. The second-order valence-corrected chi connectivity index (χ2v) is 4.87. The zero-order chi connectivity index (χ0) is 15.1. The number of ether oxygens (including phenoxy) is 1. The highest BCUT2D eigenvalue weighted by Gasteiger charge is 2.09. The molecule has 21 heavy (non-hydrogen) atoms. The predicted octanol–water partition coefficient (Wildman–Crippen LogP) is 2.92. The van der Waals surface area contributed by atoms with Gasteiger partial charge in [-0.2, -0.15) is 0 Å². The first-order valence-corrected chi connectivity index (χ1v) is 6.98. The van der Waals surface area contributed by atoms with Crippen LogP contribution in [-0.2, 0) is 4.79 Å². The van der Waals surface area contributed by atoms with Gasteiger partial charge in [0.25, 0.3) is 0 Å². The molecule has 0 spiro atoms. The Hall–Kier alpha value is -2.49. The van der Waals surface area contributed by atoms with Crippen LogP contribution in [0.1, 0.15) is 24.9 Å². The molecule has 1 amide bonds. The number of carbonyl (C=O) groups excluding carboxylic acids is 1. The van der Waals surface area contributed by atoms with Gasteiger partial charge in [-0.25, -0.2) is 0 Å². The van der Waals surface area contributed by atoms with Crippen LogP contribution in [0.25, 0.3) is 0 Å². The van der Waals surface area contributed by atoms with Crippen molar-refractivity contribution in [2.24, 2.45) is 0 Å². The number of carbonyl (C=O) groups is 1. The standard InChI is InChI=1S/C17H20N2O2/c1-13(14-6-3-2-4-7-14)19-17(20)10-11-21-16-9-5-8-15(18)12-16/h2-9,12-13H,10-11,18H2,1H3,(H,19,20). The summed E-state index contributed by atoms with van der Waals surface area (Å²) in [5.74, 6) is 0.647. The topological polar surface area (TPSA) is 64.3 Å². The Bertz CT molecular complexity index is 584. The summed E-state index contributed by atoms with van der Waals surface area (Å²) in [6, 6.07) is 17.0. The van der Waals surface area contributed by atoms with Gasteiger partial charge in [-0.05, 0) is 24.6 Å². The molecule has 110 valence electrons. The van der Waals surface area contributed by atoms with E-state index in [1.54, 1.807) is 12.1 Å². The average Bonchev–Trinajstić information content (AvgIpc) is 2.48. The molecule has 0 bridgehead atoms. The van der Waals surface area contributed by atoms with Crippen molar-refractivity contribution < 1.29 is 9.53 Å². The summed E-state index contributed by atoms with van der Waals surface area (Å²) in [6.45, 7) is 2.29. The molecule has 2 rings (SSSR count). The van der Waals surface area contributed by atoms with Crippen molar-refractivity contribution in [1.82, 2.24) is 5.32 Å². The molecule has 0 fully saturated rings. The summed E-state index contributed by atoms with van der Waals surface area (Å²) < 4.78 is 5.50. The lowest BCUT2D eigenvalue weighted by atomic mass is 10.1. The smallest absolute Gasteiger partial charge is 0.223 e. The zero-order valence-electron chi connectivity index (χ0n) is 12.1. The highest BCUT2D eigenvalue weighted by Crippen LogP contribution is 2.15. The number of rotatable bonds is 6. The van der Waals surface area contributed by atoms with Gasteiger partial charge < -0.3 is 15.8 Å². The van der Waals surface area contributed by atoms with Crippen LogP contribution in [0.3, 0.4) is 0 Å². The fourth-order valence-corrected chi connectivity index (χ4v) is 2.00. The van der Waals surface area contributed by atoms with E-state index in [0.29, 0.717) is 24.5 Å². The van der Waals surface area contributed by atoms with Crippen molar-refractivity contribution in [3.63, 3.8) is 0 Å². The quantitative estimate of drug-likeness (QED) is 0.802. The second kappa shape index (κ2) is 7.33. The van der Waals surface area contributed by atoms with Gasteiger partial charge in [0.15, 0.2) is 0 Å². The lowest BCUT2D eigenvalue weighted by Gasteiger charge is -2.14. The number of hydrogen-bond acceptors (Lipinski definition) is 3. The highest BCUT2D eigenvalue weighted by atomic mass is 16.5. The maximum Gasteiger partial charge on any atom is 0.223 e. The summed E-state index contributed by atoms with van der Waals surface area (Å²) in [7, 11) is 0. The largest absolute Gasteiger partial charge is 0.493 e. The minimum absolute atomic E-state index is 0.00827. The Labute approximate surface area is 124 Å². The third-order valence-corrected chi connectivity index (χ3v) is 3.13. The van der Waals surface area contributed by atoms with Crippen LogP contribution >= 0.6 is 0 Å². The molecule has 0 saturated heterocycles. The van der Waals surface area contributed by atoms with Crippen LogP contribution < -0.4 is 15.8 Å². The number of hydrogen-bond donors (Lipinski definition) is 2. The molecule has 3 N–H and O–H groups in total. The van der Waals surface area contributed by atoms with Gasteiger partial charge >= 0.3 is 0 Å². The summed E-state index contributed by atoms with van der Waals surface area (Å²) in [4.78, 5) is 11.9. The van der Waals surface area contributed by atoms with E-state index < -0.39 is 0 Å². The van der Waals surface area contributed by atoms with E-state index in [0.717, 1.165) is 5.56 Å². The van der Waals surface area contributed by atoms with Crippen LogP contribution in [0.15, 0.2) is 54.6 Å². The molecule has 4 heteroatoms. The minimum atomic E-state index is -0.0322. The van der Waals surface area contributed by atoms with Gasteiger partial charge in [0.1, 0.15) is 5.75 Å². The molecule has 0 aliphatic heterocycles. The zero-order valence-corrected chi connectivity index (χ0v) is 12.1. The van der Waals surface area contributed by atoms with E-state index in [2.05, 4.69) is 5.32 Å². The second-order valence-electron chi connectivity index (χ2n) is 4.87. The third-order valence-electron chi connectivity index (χ3n) is 3.13. The summed E-state index contributed by atoms with van der Waals surface area (Å²) in [6.07, 6.45) is 0.311. The Morgan fingerprint density at radius 3 is 2.67 bits per heavy atom. The third kappa shape index (κ3) is 4.84. The van der Waals surface area contributed by atoms with E-state index in [9.17, 15) is 4.79 Å². The molecule has 0 saturated carbocycles. The van der Waals surface area contributed by atoms with Crippen molar-refractivity contribution in [3.05, 3.63) is 60.2 Å². The van der Waals surface area contributed by atoms with Crippen molar-refractivity contribution in [2.45, 2.75) is 19.4 Å². The minimum Gasteiger partial charge on any atom is -0.493 e. The van der Waals surface area contributed by atoms with Crippen LogP contribution in [-0.4, -0.2) is 12.5 Å². The van der Waals surface area contributed by atoms with E-state index in [-0.39, 0.29) is 11.9 Å². The van der Waals surface area contributed by atoms with Gasteiger partial charge in [-0.3, -0.25) is 4.79 Å². The lowest BCUT2D eigenvalue weighted by molar-refractivity contribution is -0.122. The molecule has 2 aromatic carbocycles. The number of nitrogen functional groups attached to an aromatic ring is 1. The summed E-state index contributed by atoms with van der Waals surface area (Å²) >= 11 is 0. The van der Waals surface area contributed by atoms with Gasteiger partial charge in [-0.15, -0.1) is 0 Å². The number of nitrogens with two attached hydrogens (primary N) is 1. The molecule has 4 nitrogen and oxygen atoms in total. The van der Waals surface area contributed by atoms with Gasteiger partial charge in [0, 0.05) is 11.8 Å². The first-order chi connectivity index (χ1) is 10.1. The van der Waals surface area contributed by atoms with Crippen LogP contribution in [0.2, 0.25) is 0 Å².